The molecule has 0 atom stereocenters. The minimum Gasteiger partial charge on any atom is -0.295 e. The van der Waals surface area contributed by atoms with Crippen LogP contribution in [-0.4, -0.2) is 9.78 Å². The molecule has 1 aromatic heterocycles. The van der Waals surface area contributed by atoms with Gasteiger partial charge in [0.15, 0.2) is 0 Å². The van der Waals surface area contributed by atoms with Crippen LogP contribution in [0, 0.1) is 6.92 Å². The standard InChI is InChI=1S/C15H20N2O/c1-4-7-13-14(16-17(5-2)15(13)18)12-9-6-8-11(3)10-12/h6,8-10,16H,4-5,7H2,1-3H3. The monoisotopic (exact) mass is 244 g/mol. The van der Waals surface area contributed by atoms with Crippen molar-refractivity contribution in [3.8, 4) is 11.3 Å². The quantitative estimate of drug-likeness (QED) is 0.881. The minimum absolute atomic E-state index is 0.121. The number of benzene rings is 1. The van der Waals surface area contributed by atoms with E-state index in [1.165, 1.54) is 5.56 Å². The van der Waals surface area contributed by atoms with Crippen LogP contribution in [0.25, 0.3) is 11.3 Å². The fourth-order valence-corrected chi connectivity index (χ4v) is 2.27. The van der Waals surface area contributed by atoms with Crippen molar-refractivity contribution >= 4 is 0 Å². The summed E-state index contributed by atoms with van der Waals surface area (Å²) in [5, 5.41) is 3.23. The summed E-state index contributed by atoms with van der Waals surface area (Å²) in [5.41, 5.74) is 4.32. The number of hydrogen-bond donors (Lipinski definition) is 1. The second-order valence-electron chi connectivity index (χ2n) is 4.63. The van der Waals surface area contributed by atoms with E-state index in [0.717, 1.165) is 29.7 Å². The molecule has 0 aliphatic heterocycles. The average molecular weight is 244 g/mol. The van der Waals surface area contributed by atoms with Crippen LogP contribution in [0.5, 0.6) is 0 Å². The Morgan fingerprint density at radius 2 is 2.06 bits per heavy atom. The number of nitrogens with zero attached hydrogens (tertiary/aromatic N) is 1. The van der Waals surface area contributed by atoms with Crippen molar-refractivity contribution in [3.63, 3.8) is 0 Å². The molecule has 0 saturated carbocycles. The van der Waals surface area contributed by atoms with Crippen LogP contribution in [0.4, 0.5) is 0 Å². The van der Waals surface area contributed by atoms with Gasteiger partial charge in [-0.05, 0) is 26.3 Å². The molecule has 0 radical (unpaired) electrons. The zero-order valence-electron chi connectivity index (χ0n) is 11.3. The van der Waals surface area contributed by atoms with Crippen LogP contribution in [0.2, 0.25) is 0 Å². The van der Waals surface area contributed by atoms with Gasteiger partial charge in [0.1, 0.15) is 0 Å². The molecule has 2 rings (SSSR count). The van der Waals surface area contributed by atoms with Crippen molar-refractivity contribution in [1.82, 2.24) is 9.78 Å². The number of aryl methyl sites for hydroxylation is 2. The van der Waals surface area contributed by atoms with Gasteiger partial charge in [0.25, 0.3) is 5.56 Å². The highest BCUT2D eigenvalue weighted by Crippen LogP contribution is 2.21. The lowest BCUT2D eigenvalue weighted by Crippen LogP contribution is -2.17. The van der Waals surface area contributed by atoms with Gasteiger partial charge in [-0.15, -0.1) is 0 Å². The molecule has 0 fully saturated rings. The van der Waals surface area contributed by atoms with Crippen LogP contribution in [-0.2, 0) is 13.0 Å². The summed E-state index contributed by atoms with van der Waals surface area (Å²) in [7, 11) is 0. The van der Waals surface area contributed by atoms with Crippen LogP contribution in [0.15, 0.2) is 29.1 Å². The third-order valence-corrected chi connectivity index (χ3v) is 3.17. The Labute approximate surface area is 107 Å². The zero-order valence-corrected chi connectivity index (χ0v) is 11.3. The maximum Gasteiger partial charge on any atom is 0.270 e. The zero-order chi connectivity index (χ0) is 13.1. The Bertz CT molecular complexity index is 593. The molecule has 0 bridgehead atoms. The van der Waals surface area contributed by atoms with Crippen molar-refractivity contribution in [1.29, 1.82) is 0 Å². The smallest absolute Gasteiger partial charge is 0.270 e. The molecule has 0 aliphatic carbocycles. The lowest BCUT2D eigenvalue weighted by Gasteiger charge is -2.03. The van der Waals surface area contributed by atoms with Gasteiger partial charge in [0, 0.05) is 17.7 Å². The first-order valence-electron chi connectivity index (χ1n) is 6.56. The largest absolute Gasteiger partial charge is 0.295 e. The van der Waals surface area contributed by atoms with E-state index < -0.39 is 0 Å². The molecule has 1 heterocycles. The predicted molar refractivity (Wildman–Crippen MR) is 74.9 cm³/mol. The molecule has 1 aromatic carbocycles. The molecule has 18 heavy (non-hydrogen) atoms. The predicted octanol–water partition coefficient (Wildman–Crippen LogP) is 3.12. The first kappa shape index (κ1) is 12.7. The number of rotatable bonds is 4. The number of hydrogen-bond acceptors (Lipinski definition) is 1. The molecule has 3 heteroatoms. The minimum atomic E-state index is 0.121. The Hall–Kier alpha value is -1.77. The van der Waals surface area contributed by atoms with Gasteiger partial charge in [0.2, 0.25) is 0 Å². The molecule has 0 aliphatic rings. The topological polar surface area (TPSA) is 37.8 Å². The van der Waals surface area contributed by atoms with Gasteiger partial charge in [-0.3, -0.25) is 14.6 Å². The lowest BCUT2D eigenvalue weighted by molar-refractivity contribution is 0.638. The van der Waals surface area contributed by atoms with Gasteiger partial charge in [0.05, 0.1) is 5.69 Å². The molecule has 0 amide bonds. The van der Waals surface area contributed by atoms with E-state index in [9.17, 15) is 4.79 Å². The van der Waals surface area contributed by atoms with E-state index >= 15 is 0 Å². The van der Waals surface area contributed by atoms with E-state index in [4.69, 9.17) is 0 Å². The van der Waals surface area contributed by atoms with Crippen molar-refractivity contribution in [2.45, 2.75) is 40.2 Å². The van der Waals surface area contributed by atoms with E-state index in [-0.39, 0.29) is 5.56 Å². The van der Waals surface area contributed by atoms with Gasteiger partial charge in [-0.2, -0.15) is 0 Å². The fourth-order valence-electron chi connectivity index (χ4n) is 2.27. The van der Waals surface area contributed by atoms with Crippen LogP contribution in [0.1, 0.15) is 31.4 Å². The SMILES string of the molecule is CCCc1c(-c2cccc(C)c2)[nH]n(CC)c1=O. The molecule has 1 N–H and O–H groups in total. The van der Waals surface area contributed by atoms with E-state index in [2.05, 4.69) is 37.1 Å². The number of nitrogens with one attached hydrogen (secondary N) is 1. The second-order valence-corrected chi connectivity index (χ2v) is 4.63. The van der Waals surface area contributed by atoms with Crippen molar-refractivity contribution < 1.29 is 0 Å². The highest BCUT2D eigenvalue weighted by Gasteiger charge is 2.14. The van der Waals surface area contributed by atoms with Gasteiger partial charge >= 0.3 is 0 Å². The molecule has 96 valence electrons. The molecular weight excluding hydrogens is 224 g/mol. The van der Waals surface area contributed by atoms with Gasteiger partial charge in [-0.1, -0.05) is 37.1 Å². The molecule has 0 saturated heterocycles. The summed E-state index contributed by atoms with van der Waals surface area (Å²) in [6.07, 6.45) is 1.81. The first-order chi connectivity index (χ1) is 8.67. The van der Waals surface area contributed by atoms with Crippen LogP contribution < -0.4 is 5.56 Å². The Kier molecular flexibility index (Phi) is 3.70. The average Bonchev–Trinajstić information content (AvgIpc) is 2.67. The maximum absolute atomic E-state index is 12.2. The molecular formula is C15H20N2O. The maximum atomic E-state index is 12.2. The Balaban J connectivity index is 2.59. The van der Waals surface area contributed by atoms with E-state index in [1.807, 2.05) is 13.0 Å². The normalized spacial score (nSPS) is 10.8. The summed E-state index contributed by atoms with van der Waals surface area (Å²) in [6.45, 7) is 6.83. The summed E-state index contributed by atoms with van der Waals surface area (Å²) in [4.78, 5) is 12.2. The summed E-state index contributed by atoms with van der Waals surface area (Å²) < 4.78 is 1.68. The first-order valence-corrected chi connectivity index (χ1v) is 6.56. The summed E-state index contributed by atoms with van der Waals surface area (Å²) >= 11 is 0. The highest BCUT2D eigenvalue weighted by molar-refractivity contribution is 5.63. The third kappa shape index (κ3) is 2.26. The molecule has 0 spiro atoms. The summed E-state index contributed by atoms with van der Waals surface area (Å²) in [6, 6.07) is 8.27. The van der Waals surface area contributed by atoms with E-state index in [0.29, 0.717) is 6.54 Å². The highest BCUT2D eigenvalue weighted by atomic mass is 16.1. The Morgan fingerprint density at radius 3 is 2.67 bits per heavy atom. The van der Waals surface area contributed by atoms with E-state index in [1.54, 1.807) is 4.68 Å². The molecule has 0 unspecified atom stereocenters. The van der Waals surface area contributed by atoms with Crippen molar-refractivity contribution in [3.05, 3.63) is 45.7 Å². The van der Waals surface area contributed by atoms with Crippen molar-refractivity contribution in [2.75, 3.05) is 0 Å². The summed E-state index contributed by atoms with van der Waals surface area (Å²) in [5.74, 6) is 0. The Morgan fingerprint density at radius 1 is 1.28 bits per heavy atom. The third-order valence-electron chi connectivity index (χ3n) is 3.17. The number of H-pyrrole nitrogens is 1. The lowest BCUT2D eigenvalue weighted by atomic mass is 10.0. The van der Waals surface area contributed by atoms with Crippen LogP contribution >= 0.6 is 0 Å². The number of aromatic nitrogens is 2. The molecule has 3 nitrogen and oxygen atoms in total. The fraction of sp³-hybridized carbons (Fsp3) is 0.400. The van der Waals surface area contributed by atoms with Gasteiger partial charge in [-0.25, -0.2) is 0 Å². The molecule has 2 aromatic rings. The van der Waals surface area contributed by atoms with Crippen LogP contribution in [0.3, 0.4) is 0 Å². The number of aromatic amines is 1. The van der Waals surface area contributed by atoms with Gasteiger partial charge < -0.3 is 0 Å². The van der Waals surface area contributed by atoms with Crippen molar-refractivity contribution in [2.24, 2.45) is 0 Å². The second kappa shape index (κ2) is 5.25.